The predicted octanol–water partition coefficient (Wildman–Crippen LogP) is 1.68. The Morgan fingerprint density at radius 2 is 2.00 bits per heavy atom. The molecule has 0 aromatic heterocycles. The molecule has 1 fully saturated rings. The van der Waals surface area contributed by atoms with E-state index in [4.69, 9.17) is 0 Å². The largest absolute Gasteiger partial charge is 0.392 e. The summed E-state index contributed by atoms with van der Waals surface area (Å²) in [4.78, 5) is 0. The molecule has 1 saturated carbocycles. The van der Waals surface area contributed by atoms with E-state index < -0.39 is 5.60 Å². The van der Waals surface area contributed by atoms with Crippen LogP contribution in [-0.2, 0) is 0 Å². The van der Waals surface area contributed by atoms with Crippen LogP contribution in [0.3, 0.4) is 0 Å². The quantitative estimate of drug-likeness (QED) is 0.622. The van der Waals surface area contributed by atoms with Gasteiger partial charge in [-0.15, -0.1) is 0 Å². The van der Waals surface area contributed by atoms with E-state index in [1.807, 2.05) is 13.8 Å². The van der Waals surface area contributed by atoms with E-state index in [0.717, 1.165) is 18.8 Å². The Hall–Kier alpha value is -0.120. The van der Waals surface area contributed by atoms with Crippen LogP contribution < -0.4 is 5.32 Å². The van der Waals surface area contributed by atoms with E-state index in [2.05, 4.69) is 5.32 Å². The maximum atomic E-state index is 9.83. The first-order valence-corrected chi connectivity index (χ1v) is 6.64. The average molecular weight is 229 g/mol. The third kappa shape index (κ3) is 5.28. The molecule has 0 heterocycles. The van der Waals surface area contributed by atoms with Crippen LogP contribution in [0.15, 0.2) is 0 Å². The summed E-state index contributed by atoms with van der Waals surface area (Å²) in [5, 5.41) is 22.8. The first kappa shape index (κ1) is 13.9. The monoisotopic (exact) mass is 229 g/mol. The Morgan fingerprint density at radius 3 is 2.56 bits per heavy atom. The molecule has 1 rings (SSSR count). The molecule has 2 unspecified atom stereocenters. The van der Waals surface area contributed by atoms with E-state index in [1.54, 1.807) is 0 Å². The minimum absolute atomic E-state index is 0.254. The fraction of sp³-hybridized carbons (Fsp3) is 1.00. The molecular formula is C13H27NO2. The highest BCUT2D eigenvalue weighted by atomic mass is 16.3. The van der Waals surface area contributed by atoms with Crippen molar-refractivity contribution in [2.45, 2.75) is 64.1 Å². The normalized spacial score (nSPS) is 23.2. The minimum Gasteiger partial charge on any atom is -0.392 e. The second-order valence-electron chi connectivity index (χ2n) is 5.52. The number of rotatable bonds is 7. The van der Waals surface area contributed by atoms with Gasteiger partial charge in [-0.3, -0.25) is 0 Å². The van der Waals surface area contributed by atoms with Crippen LogP contribution in [-0.4, -0.2) is 35.0 Å². The molecule has 3 nitrogen and oxygen atoms in total. The van der Waals surface area contributed by atoms with Crippen molar-refractivity contribution in [2.75, 3.05) is 13.1 Å². The van der Waals surface area contributed by atoms with Gasteiger partial charge in [0.1, 0.15) is 0 Å². The standard InChI is InChI=1S/C13H27NO2/c1-3-13(2,16)10-14-9-12(15)8-11-6-4-5-7-11/h11-12,14-16H,3-10H2,1-2H3. The molecule has 0 aromatic carbocycles. The smallest absolute Gasteiger partial charge is 0.0741 e. The molecule has 0 spiro atoms. The molecule has 3 heteroatoms. The van der Waals surface area contributed by atoms with Crippen molar-refractivity contribution in [3.63, 3.8) is 0 Å². The van der Waals surface area contributed by atoms with Crippen molar-refractivity contribution in [3.05, 3.63) is 0 Å². The molecule has 96 valence electrons. The van der Waals surface area contributed by atoms with Crippen LogP contribution in [0.2, 0.25) is 0 Å². The van der Waals surface area contributed by atoms with E-state index in [-0.39, 0.29) is 6.10 Å². The summed E-state index contributed by atoms with van der Waals surface area (Å²) >= 11 is 0. The predicted molar refractivity (Wildman–Crippen MR) is 66.4 cm³/mol. The van der Waals surface area contributed by atoms with Gasteiger partial charge >= 0.3 is 0 Å². The van der Waals surface area contributed by atoms with E-state index in [9.17, 15) is 10.2 Å². The third-order valence-electron chi connectivity index (χ3n) is 3.73. The molecule has 0 radical (unpaired) electrons. The van der Waals surface area contributed by atoms with E-state index in [1.165, 1.54) is 25.7 Å². The van der Waals surface area contributed by atoms with Gasteiger partial charge in [-0.25, -0.2) is 0 Å². The third-order valence-corrected chi connectivity index (χ3v) is 3.73. The van der Waals surface area contributed by atoms with Gasteiger partial charge in [0.05, 0.1) is 11.7 Å². The van der Waals surface area contributed by atoms with Gasteiger partial charge in [0.25, 0.3) is 0 Å². The zero-order valence-corrected chi connectivity index (χ0v) is 10.7. The van der Waals surface area contributed by atoms with Crippen molar-refractivity contribution in [1.29, 1.82) is 0 Å². The topological polar surface area (TPSA) is 52.5 Å². The fourth-order valence-corrected chi connectivity index (χ4v) is 2.35. The molecule has 2 atom stereocenters. The molecule has 0 aliphatic heterocycles. The van der Waals surface area contributed by atoms with Crippen molar-refractivity contribution < 1.29 is 10.2 Å². The lowest BCUT2D eigenvalue weighted by Crippen LogP contribution is -2.40. The Morgan fingerprint density at radius 1 is 1.38 bits per heavy atom. The van der Waals surface area contributed by atoms with Crippen LogP contribution in [0, 0.1) is 5.92 Å². The molecular weight excluding hydrogens is 202 g/mol. The van der Waals surface area contributed by atoms with Gasteiger partial charge in [0.15, 0.2) is 0 Å². The maximum Gasteiger partial charge on any atom is 0.0741 e. The number of aliphatic hydroxyl groups is 2. The average Bonchev–Trinajstić information content (AvgIpc) is 2.70. The maximum absolute atomic E-state index is 9.83. The molecule has 0 amide bonds. The van der Waals surface area contributed by atoms with Crippen LogP contribution in [0.5, 0.6) is 0 Å². The lowest BCUT2D eigenvalue weighted by atomic mass is 9.99. The van der Waals surface area contributed by atoms with Crippen molar-refractivity contribution in [1.82, 2.24) is 5.32 Å². The molecule has 1 aliphatic carbocycles. The minimum atomic E-state index is -0.646. The van der Waals surface area contributed by atoms with Gasteiger partial charge in [-0.2, -0.15) is 0 Å². The van der Waals surface area contributed by atoms with Crippen molar-refractivity contribution in [2.24, 2.45) is 5.92 Å². The van der Waals surface area contributed by atoms with Crippen molar-refractivity contribution in [3.8, 4) is 0 Å². The summed E-state index contributed by atoms with van der Waals surface area (Å²) in [5.74, 6) is 0.725. The molecule has 0 bridgehead atoms. The van der Waals surface area contributed by atoms with Gasteiger partial charge < -0.3 is 15.5 Å². The van der Waals surface area contributed by atoms with E-state index in [0.29, 0.717) is 13.1 Å². The van der Waals surface area contributed by atoms with Crippen LogP contribution in [0.1, 0.15) is 52.4 Å². The Balaban J connectivity index is 2.07. The highest BCUT2D eigenvalue weighted by Crippen LogP contribution is 2.28. The summed E-state index contributed by atoms with van der Waals surface area (Å²) in [6.45, 7) is 4.96. The SMILES string of the molecule is CCC(C)(O)CNCC(O)CC1CCCC1. The number of aliphatic hydroxyl groups excluding tert-OH is 1. The second kappa shape index (κ2) is 6.58. The Labute approximate surface area is 99.3 Å². The molecule has 3 N–H and O–H groups in total. The van der Waals surface area contributed by atoms with Crippen LogP contribution in [0.4, 0.5) is 0 Å². The highest BCUT2D eigenvalue weighted by molar-refractivity contribution is 4.76. The number of nitrogens with one attached hydrogen (secondary N) is 1. The van der Waals surface area contributed by atoms with Crippen molar-refractivity contribution >= 4 is 0 Å². The summed E-state index contributed by atoms with van der Waals surface area (Å²) in [7, 11) is 0. The summed E-state index contributed by atoms with van der Waals surface area (Å²) in [5.41, 5.74) is -0.646. The summed E-state index contributed by atoms with van der Waals surface area (Å²) in [6, 6.07) is 0. The first-order valence-electron chi connectivity index (χ1n) is 6.64. The summed E-state index contributed by atoms with van der Waals surface area (Å²) < 4.78 is 0. The zero-order chi connectivity index (χ0) is 12.0. The molecule has 0 aromatic rings. The van der Waals surface area contributed by atoms with Gasteiger partial charge in [0.2, 0.25) is 0 Å². The van der Waals surface area contributed by atoms with Crippen LogP contribution >= 0.6 is 0 Å². The Kier molecular flexibility index (Phi) is 5.73. The van der Waals surface area contributed by atoms with E-state index >= 15 is 0 Å². The molecule has 0 saturated heterocycles. The lowest BCUT2D eigenvalue weighted by molar-refractivity contribution is 0.0502. The van der Waals surface area contributed by atoms with Crippen LogP contribution in [0.25, 0.3) is 0 Å². The second-order valence-corrected chi connectivity index (χ2v) is 5.52. The first-order chi connectivity index (χ1) is 7.53. The van der Waals surface area contributed by atoms with Gasteiger partial charge in [-0.1, -0.05) is 32.6 Å². The molecule has 16 heavy (non-hydrogen) atoms. The number of hydrogen-bond donors (Lipinski definition) is 3. The van der Waals surface area contributed by atoms with Gasteiger partial charge in [0, 0.05) is 13.1 Å². The fourth-order valence-electron chi connectivity index (χ4n) is 2.35. The number of hydrogen-bond acceptors (Lipinski definition) is 3. The highest BCUT2D eigenvalue weighted by Gasteiger charge is 2.20. The lowest BCUT2D eigenvalue weighted by Gasteiger charge is -2.23. The Bertz CT molecular complexity index is 188. The zero-order valence-electron chi connectivity index (χ0n) is 10.7. The summed E-state index contributed by atoms with van der Waals surface area (Å²) in [6.07, 6.45) is 6.62. The molecule has 1 aliphatic rings. The van der Waals surface area contributed by atoms with Gasteiger partial charge in [-0.05, 0) is 25.7 Å².